The van der Waals surface area contributed by atoms with Crippen molar-refractivity contribution in [3.05, 3.63) is 0 Å². The first-order chi connectivity index (χ1) is 5.40. The fourth-order valence-corrected chi connectivity index (χ4v) is 1.25. The zero-order chi connectivity index (χ0) is 9.78. The van der Waals surface area contributed by atoms with Crippen molar-refractivity contribution in [2.24, 2.45) is 0 Å². The van der Waals surface area contributed by atoms with Gasteiger partial charge in [-0.15, -0.1) is 0 Å². The minimum atomic E-state index is -3.24. The lowest BCUT2D eigenvalue weighted by atomic mass is 10.6. The van der Waals surface area contributed by atoms with Crippen LogP contribution >= 0.6 is 0 Å². The molecule has 0 saturated heterocycles. The molecule has 0 amide bonds. The molecule has 0 rings (SSSR count). The summed E-state index contributed by atoms with van der Waals surface area (Å²) in [4.78, 5) is 1.93. The Balaban J connectivity index is 3.96. The van der Waals surface area contributed by atoms with E-state index in [0.717, 1.165) is 6.54 Å². The summed E-state index contributed by atoms with van der Waals surface area (Å²) in [6.45, 7) is 1.22. The largest absolute Gasteiger partial charge is 0.308 e. The van der Waals surface area contributed by atoms with E-state index >= 15 is 0 Å². The molecule has 0 spiro atoms. The topological polar surface area (TPSA) is 52.7 Å². The van der Waals surface area contributed by atoms with E-state index < -0.39 is 10.2 Å². The van der Waals surface area contributed by atoms with E-state index in [9.17, 15) is 8.42 Å². The molecule has 0 aromatic rings. The lowest BCUT2D eigenvalue weighted by Crippen LogP contribution is -2.39. The molecule has 0 unspecified atom stereocenters. The van der Waals surface area contributed by atoms with E-state index in [0.29, 0.717) is 6.54 Å². The highest BCUT2D eigenvalue weighted by Gasteiger charge is 2.13. The molecule has 6 heteroatoms. The maximum absolute atomic E-state index is 11.1. The van der Waals surface area contributed by atoms with Gasteiger partial charge in [-0.25, -0.2) is 4.72 Å². The van der Waals surface area contributed by atoms with Gasteiger partial charge in [0.05, 0.1) is 0 Å². The van der Waals surface area contributed by atoms with Crippen molar-refractivity contribution in [3.8, 4) is 0 Å². The zero-order valence-electron chi connectivity index (χ0n) is 8.03. The maximum atomic E-state index is 11.1. The summed E-state index contributed by atoms with van der Waals surface area (Å²) in [6.07, 6.45) is 0. The SMILES string of the molecule is CNS(=O)(=O)N(C)CCN(C)C. The van der Waals surface area contributed by atoms with Gasteiger partial charge >= 0.3 is 0 Å². The van der Waals surface area contributed by atoms with Gasteiger partial charge in [0.15, 0.2) is 0 Å². The first-order valence-electron chi connectivity index (χ1n) is 3.69. The summed E-state index contributed by atoms with van der Waals surface area (Å²) in [6, 6.07) is 0. The predicted molar refractivity (Wildman–Crippen MR) is 49.2 cm³/mol. The number of nitrogens with zero attached hydrogens (tertiary/aromatic N) is 2. The molecule has 0 aromatic carbocycles. The molecule has 12 heavy (non-hydrogen) atoms. The second-order valence-corrected chi connectivity index (χ2v) is 4.82. The fourth-order valence-electron chi connectivity index (χ4n) is 0.617. The van der Waals surface area contributed by atoms with E-state index in [-0.39, 0.29) is 0 Å². The molecule has 0 aliphatic rings. The average Bonchev–Trinajstić information content (AvgIpc) is 2.00. The second kappa shape index (κ2) is 4.76. The van der Waals surface area contributed by atoms with E-state index in [1.807, 2.05) is 19.0 Å². The summed E-state index contributed by atoms with van der Waals surface area (Å²) in [5, 5.41) is 0. The van der Waals surface area contributed by atoms with Crippen LogP contribution < -0.4 is 4.72 Å². The number of rotatable bonds is 5. The molecular formula is C6H17N3O2S. The molecule has 0 aliphatic carbocycles. The van der Waals surface area contributed by atoms with Crippen molar-refractivity contribution >= 4 is 10.2 Å². The summed E-state index contributed by atoms with van der Waals surface area (Å²) >= 11 is 0. The molecule has 0 aliphatic heterocycles. The summed E-state index contributed by atoms with van der Waals surface area (Å²) < 4.78 is 25.7. The monoisotopic (exact) mass is 195 g/mol. The van der Waals surface area contributed by atoms with Gasteiger partial charge in [0, 0.05) is 27.2 Å². The molecule has 0 aromatic heterocycles. The Labute approximate surface area is 74.5 Å². The summed E-state index contributed by atoms with van der Waals surface area (Å²) in [7, 11) is 3.52. The van der Waals surface area contributed by atoms with Crippen LogP contribution in [0.25, 0.3) is 0 Å². The van der Waals surface area contributed by atoms with Crippen LogP contribution in [0.5, 0.6) is 0 Å². The van der Waals surface area contributed by atoms with Crippen molar-refractivity contribution in [2.75, 3.05) is 41.3 Å². The van der Waals surface area contributed by atoms with Gasteiger partial charge in [0.25, 0.3) is 10.2 Å². The number of hydrogen-bond donors (Lipinski definition) is 1. The van der Waals surface area contributed by atoms with Crippen LogP contribution in [0.15, 0.2) is 0 Å². The lowest BCUT2D eigenvalue weighted by Gasteiger charge is -2.18. The number of hydrogen-bond acceptors (Lipinski definition) is 3. The van der Waals surface area contributed by atoms with Crippen molar-refractivity contribution < 1.29 is 8.42 Å². The Kier molecular flexibility index (Phi) is 4.69. The lowest BCUT2D eigenvalue weighted by molar-refractivity contribution is 0.357. The summed E-state index contributed by atoms with van der Waals surface area (Å²) in [5.41, 5.74) is 0. The van der Waals surface area contributed by atoms with Crippen LogP contribution in [0, 0.1) is 0 Å². The molecule has 0 heterocycles. The number of likely N-dealkylation sites (N-methyl/N-ethyl adjacent to an activating group) is 2. The van der Waals surface area contributed by atoms with E-state index in [2.05, 4.69) is 4.72 Å². The Hall–Kier alpha value is -0.170. The smallest absolute Gasteiger partial charge is 0.278 e. The van der Waals surface area contributed by atoms with Gasteiger partial charge in [-0.1, -0.05) is 0 Å². The van der Waals surface area contributed by atoms with E-state index in [4.69, 9.17) is 0 Å². The van der Waals surface area contributed by atoms with Crippen molar-refractivity contribution in [2.45, 2.75) is 0 Å². The Bertz CT molecular complexity index is 213. The van der Waals surface area contributed by atoms with Crippen LogP contribution in [0.3, 0.4) is 0 Å². The first kappa shape index (κ1) is 11.8. The predicted octanol–water partition coefficient (Wildman–Crippen LogP) is -1.06. The molecule has 0 fully saturated rings. The first-order valence-corrected chi connectivity index (χ1v) is 5.13. The van der Waals surface area contributed by atoms with Crippen molar-refractivity contribution in [3.63, 3.8) is 0 Å². The maximum Gasteiger partial charge on any atom is 0.278 e. The van der Waals surface area contributed by atoms with Gasteiger partial charge in [0.2, 0.25) is 0 Å². The zero-order valence-corrected chi connectivity index (χ0v) is 8.85. The van der Waals surface area contributed by atoms with Crippen LogP contribution in [0.4, 0.5) is 0 Å². The van der Waals surface area contributed by atoms with E-state index in [1.165, 1.54) is 11.4 Å². The van der Waals surface area contributed by atoms with Crippen molar-refractivity contribution in [1.82, 2.24) is 13.9 Å². The summed E-state index contributed by atoms with van der Waals surface area (Å²) in [5.74, 6) is 0. The van der Waals surface area contributed by atoms with E-state index in [1.54, 1.807) is 7.05 Å². The highest BCUT2D eigenvalue weighted by atomic mass is 32.2. The van der Waals surface area contributed by atoms with Crippen LogP contribution in [-0.4, -0.2) is 58.9 Å². The average molecular weight is 195 g/mol. The quantitative estimate of drug-likeness (QED) is 0.608. The minimum absolute atomic E-state index is 0.496. The highest BCUT2D eigenvalue weighted by molar-refractivity contribution is 7.87. The third-order valence-electron chi connectivity index (χ3n) is 1.53. The molecular weight excluding hydrogens is 178 g/mol. The van der Waals surface area contributed by atoms with Crippen LogP contribution in [-0.2, 0) is 10.2 Å². The van der Waals surface area contributed by atoms with Gasteiger partial charge in [0.1, 0.15) is 0 Å². The van der Waals surface area contributed by atoms with Gasteiger partial charge in [-0.2, -0.15) is 12.7 Å². The van der Waals surface area contributed by atoms with Crippen molar-refractivity contribution in [1.29, 1.82) is 0 Å². The normalized spacial score (nSPS) is 12.8. The van der Waals surface area contributed by atoms with Crippen LogP contribution in [0.1, 0.15) is 0 Å². The molecule has 0 saturated carbocycles. The molecule has 5 nitrogen and oxygen atoms in total. The Morgan fingerprint density at radius 2 is 1.67 bits per heavy atom. The fraction of sp³-hybridized carbons (Fsp3) is 1.00. The Morgan fingerprint density at radius 3 is 2.00 bits per heavy atom. The molecule has 0 radical (unpaired) electrons. The molecule has 0 bridgehead atoms. The van der Waals surface area contributed by atoms with Gasteiger partial charge in [-0.05, 0) is 14.1 Å². The standard InChI is InChI=1S/C6H17N3O2S/c1-7-12(10,11)9(4)6-5-8(2)3/h7H,5-6H2,1-4H3. The van der Waals surface area contributed by atoms with Gasteiger partial charge < -0.3 is 4.90 Å². The molecule has 0 atom stereocenters. The third-order valence-corrected chi connectivity index (χ3v) is 3.05. The minimum Gasteiger partial charge on any atom is -0.308 e. The molecule has 74 valence electrons. The third kappa shape index (κ3) is 4.01. The Morgan fingerprint density at radius 1 is 1.17 bits per heavy atom. The van der Waals surface area contributed by atoms with Crippen LogP contribution in [0.2, 0.25) is 0 Å². The molecule has 1 N–H and O–H groups in total. The number of nitrogens with one attached hydrogen (secondary N) is 1. The second-order valence-electron chi connectivity index (χ2n) is 2.83. The highest BCUT2D eigenvalue weighted by Crippen LogP contribution is 1.91. The van der Waals surface area contributed by atoms with Gasteiger partial charge in [-0.3, -0.25) is 0 Å².